The van der Waals surface area contributed by atoms with E-state index >= 15 is 0 Å². The van der Waals surface area contributed by atoms with E-state index in [-0.39, 0.29) is 0 Å². The van der Waals surface area contributed by atoms with Gasteiger partial charge in [0.05, 0.1) is 0 Å². The minimum absolute atomic E-state index is 0.391. The Hall–Kier alpha value is -0.940. The summed E-state index contributed by atoms with van der Waals surface area (Å²) in [7, 11) is 0. The van der Waals surface area contributed by atoms with Gasteiger partial charge in [0, 0.05) is 9.89 Å². The molecule has 1 fully saturated rings. The van der Waals surface area contributed by atoms with E-state index in [0.29, 0.717) is 18.4 Å². The molecule has 0 heterocycles. The Kier molecular flexibility index (Phi) is 2.75. The van der Waals surface area contributed by atoms with Gasteiger partial charge in [-0.3, -0.25) is 4.79 Å². The molecule has 0 aromatic heterocycles. The van der Waals surface area contributed by atoms with Gasteiger partial charge in [0.15, 0.2) is 0 Å². The topological polar surface area (TPSA) is 63.3 Å². The van der Waals surface area contributed by atoms with Gasteiger partial charge in [-0.1, -0.05) is 15.9 Å². The van der Waals surface area contributed by atoms with E-state index in [1.165, 1.54) is 6.07 Å². The van der Waals surface area contributed by atoms with Crippen molar-refractivity contribution < 1.29 is 14.3 Å². The van der Waals surface area contributed by atoms with Crippen LogP contribution in [0.1, 0.15) is 18.4 Å². The standard InChI is InChI=1S/C11H11BrFNO2/c12-6-1-2-8(13)7(5-6)11(3-4-11)9(14)10(15)16/h1-2,5,9H,3-4,14H2,(H,15,16). The van der Waals surface area contributed by atoms with Crippen molar-refractivity contribution in [3.63, 3.8) is 0 Å². The van der Waals surface area contributed by atoms with Crippen LogP contribution in [-0.4, -0.2) is 17.1 Å². The van der Waals surface area contributed by atoms with Crippen LogP contribution in [0.15, 0.2) is 22.7 Å². The second kappa shape index (κ2) is 3.82. The summed E-state index contributed by atoms with van der Waals surface area (Å²) in [6.45, 7) is 0. The number of benzene rings is 1. The number of carbonyl (C=O) groups is 1. The molecule has 1 saturated carbocycles. The maximum absolute atomic E-state index is 13.7. The van der Waals surface area contributed by atoms with E-state index in [2.05, 4.69) is 15.9 Å². The Bertz CT molecular complexity index is 446. The van der Waals surface area contributed by atoms with Crippen LogP contribution in [0.2, 0.25) is 0 Å². The normalized spacial score (nSPS) is 19.2. The van der Waals surface area contributed by atoms with Gasteiger partial charge in [-0.05, 0) is 36.6 Å². The van der Waals surface area contributed by atoms with Crippen LogP contribution in [0.4, 0.5) is 4.39 Å². The van der Waals surface area contributed by atoms with E-state index in [1.54, 1.807) is 12.1 Å². The zero-order valence-electron chi connectivity index (χ0n) is 8.41. The molecule has 5 heteroatoms. The molecule has 1 aromatic carbocycles. The molecule has 86 valence electrons. The van der Waals surface area contributed by atoms with Gasteiger partial charge in [-0.2, -0.15) is 0 Å². The summed E-state index contributed by atoms with van der Waals surface area (Å²) in [6, 6.07) is 3.48. The second-order valence-electron chi connectivity index (χ2n) is 4.10. The number of aliphatic carboxylic acids is 1. The first-order valence-electron chi connectivity index (χ1n) is 4.91. The van der Waals surface area contributed by atoms with Crippen molar-refractivity contribution in [3.8, 4) is 0 Å². The average Bonchev–Trinajstić information content (AvgIpc) is 3.01. The molecule has 1 aliphatic carbocycles. The number of rotatable bonds is 3. The molecule has 0 saturated heterocycles. The largest absolute Gasteiger partial charge is 0.480 e. The zero-order valence-corrected chi connectivity index (χ0v) is 10.00. The van der Waals surface area contributed by atoms with Crippen LogP contribution in [-0.2, 0) is 10.2 Å². The maximum atomic E-state index is 13.7. The molecule has 0 bridgehead atoms. The lowest BCUT2D eigenvalue weighted by Gasteiger charge is -2.20. The summed E-state index contributed by atoms with van der Waals surface area (Å²) in [5, 5.41) is 8.92. The first-order chi connectivity index (χ1) is 7.47. The molecule has 0 amide bonds. The third-order valence-electron chi connectivity index (χ3n) is 3.11. The number of nitrogens with two attached hydrogens (primary N) is 1. The van der Waals surface area contributed by atoms with Gasteiger partial charge in [0.1, 0.15) is 11.9 Å². The minimum atomic E-state index is -1.09. The van der Waals surface area contributed by atoms with Gasteiger partial charge in [-0.25, -0.2) is 4.39 Å². The molecule has 16 heavy (non-hydrogen) atoms. The number of hydrogen-bond donors (Lipinski definition) is 2. The predicted octanol–water partition coefficient (Wildman–Crippen LogP) is 2.03. The summed E-state index contributed by atoms with van der Waals surface area (Å²) >= 11 is 3.25. The summed E-state index contributed by atoms with van der Waals surface area (Å²) in [4.78, 5) is 10.9. The molecular formula is C11H11BrFNO2. The minimum Gasteiger partial charge on any atom is -0.480 e. The third kappa shape index (κ3) is 1.74. The number of hydrogen-bond acceptors (Lipinski definition) is 2. The van der Waals surface area contributed by atoms with Crippen LogP contribution in [0.3, 0.4) is 0 Å². The molecule has 1 unspecified atom stereocenters. The Morgan fingerprint density at radius 3 is 2.69 bits per heavy atom. The van der Waals surface area contributed by atoms with Crippen molar-refractivity contribution in [1.29, 1.82) is 0 Å². The lowest BCUT2D eigenvalue weighted by atomic mass is 9.88. The van der Waals surface area contributed by atoms with Gasteiger partial charge in [0.2, 0.25) is 0 Å². The van der Waals surface area contributed by atoms with E-state index < -0.39 is 23.2 Å². The van der Waals surface area contributed by atoms with Crippen molar-refractivity contribution in [2.45, 2.75) is 24.3 Å². The highest BCUT2D eigenvalue weighted by molar-refractivity contribution is 9.10. The SMILES string of the molecule is NC(C(=O)O)C1(c2cc(Br)ccc2F)CC1. The Labute approximate surface area is 101 Å². The molecule has 3 N–H and O–H groups in total. The van der Waals surface area contributed by atoms with Crippen LogP contribution in [0.5, 0.6) is 0 Å². The second-order valence-corrected chi connectivity index (χ2v) is 5.01. The highest BCUT2D eigenvalue weighted by atomic mass is 79.9. The molecule has 0 aliphatic heterocycles. The molecule has 1 atom stereocenters. The Balaban J connectivity index is 2.44. The third-order valence-corrected chi connectivity index (χ3v) is 3.61. The number of carboxylic acids is 1. The van der Waals surface area contributed by atoms with Crippen molar-refractivity contribution in [2.75, 3.05) is 0 Å². The van der Waals surface area contributed by atoms with E-state index in [1.807, 2.05) is 0 Å². The quantitative estimate of drug-likeness (QED) is 0.894. The van der Waals surface area contributed by atoms with E-state index in [4.69, 9.17) is 10.8 Å². The summed E-state index contributed by atoms with van der Waals surface area (Å²) in [5.41, 5.74) is 5.30. The first-order valence-corrected chi connectivity index (χ1v) is 5.70. The van der Waals surface area contributed by atoms with E-state index in [9.17, 15) is 9.18 Å². The van der Waals surface area contributed by atoms with Crippen LogP contribution >= 0.6 is 15.9 Å². The highest BCUT2D eigenvalue weighted by Crippen LogP contribution is 2.51. The predicted molar refractivity (Wildman–Crippen MR) is 60.6 cm³/mol. The van der Waals surface area contributed by atoms with Gasteiger partial charge < -0.3 is 10.8 Å². The maximum Gasteiger partial charge on any atom is 0.321 e. The zero-order chi connectivity index (χ0) is 11.9. The molecule has 1 aromatic rings. The van der Waals surface area contributed by atoms with E-state index in [0.717, 1.165) is 4.47 Å². The Morgan fingerprint density at radius 1 is 1.56 bits per heavy atom. The first kappa shape index (κ1) is 11.5. The fourth-order valence-electron chi connectivity index (χ4n) is 2.00. The summed E-state index contributed by atoms with van der Waals surface area (Å²) in [6.07, 6.45) is 1.24. The molecule has 1 aliphatic rings. The molecule has 2 rings (SSSR count). The molecular weight excluding hydrogens is 277 g/mol. The molecule has 0 spiro atoms. The van der Waals surface area contributed by atoms with Gasteiger partial charge in [-0.15, -0.1) is 0 Å². The average molecular weight is 288 g/mol. The van der Waals surface area contributed by atoms with Crippen molar-refractivity contribution in [3.05, 3.63) is 34.1 Å². The van der Waals surface area contributed by atoms with Crippen LogP contribution in [0, 0.1) is 5.82 Å². The molecule has 0 radical (unpaired) electrons. The molecule has 3 nitrogen and oxygen atoms in total. The summed E-state index contributed by atoms with van der Waals surface area (Å²) < 4.78 is 14.4. The number of carboxylic acid groups (broad SMARTS) is 1. The van der Waals surface area contributed by atoms with Gasteiger partial charge in [0.25, 0.3) is 0 Å². The fourth-order valence-corrected chi connectivity index (χ4v) is 2.36. The smallest absolute Gasteiger partial charge is 0.321 e. The highest BCUT2D eigenvalue weighted by Gasteiger charge is 2.53. The van der Waals surface area contributed by atoms with Gasteiger partial charge >= 0.3 is 5.97 Å². The van der Waals surface area contributed by atoms with Crippen molar-refractivity contribution in [1.82, 2.24) is 0 Å². The Morgan fingerprint density at radius 2 is 2.19 bits per heavy atom. The van der Waals surface area contributed by atoms with Crippen molar-refractivity contribution in [2.24, 2.45) is 5.73 Å². The van der Waals surface area contributed by atoms with Crippen LogP contribution < -0.4 is 5.73 Å². The fraction of sp³-hybridized carbons (Fsp3) is 0.364. The van der Waals surface area contributed by atoms with Crippen LogP contribution in [0.25, 0.3) is 0 Å². The van der Waals surface area contributed by atoms with Crippen molar-refractivity contribution >= 4 is 21.9 Å². The monoisotopic (exact) mass is 287 g/mol. The lowest BCUT2D eigenvalue weighted by molar-refractivity contribution is -0.139. The lowest BCUT2D eigenvalue weighted by Crippen LogP contribution is -2.42. The number of halogens is 2. The summed E-state index contributed by atoms with van der Waals surface area (Å²) in [5.74, 6) is -1.48.